The van der Waals surface area contributed by atoms with Gasteiger partial charge in [-0.3, -0.25) is 0 Å². The van der Waals surface area contributed by atoms with Crippen LogP contribution in [-0.2, 0) is 19.0 Å². The van der Waals surface area contributed by atoms with Crippen molar-refractivity contribution in [3.63, 3.8) is 0 Å². The van der Waals surface area contributed by atoms with Crippen LogP contribution in [0.2, 0.25) is 0 Å². The lowest BCUT2D eigenvalue weighted by Crippen LogP contribution is -2.10. The Hall–Kier alpha value is -4.19. The van der Waals surface area contributed by atoms with E-state index in [-0.39, 0.29) is 12.0 Å². The molecule has 0 saturated carbocycles. The first-order valence-electron chi connectivity index (χ1n) is 15.6. The molecule has 0 radical (unpaired) electrons. The number of hydrogen-bond donors (Lipinski definition) is 1. The Morgan fingerprint density at radius 2 is 1.77 bits per heavy atom. The van der Waals surface area contributed by atoms with E-state index in [9.17, 15) is 13.2 Å². The Morgan fingerprint density at radius 3 is 2.57 bits per heavy atom. The lowest BCUT2D eigenvalue weighted by Gasteiger charge is -2.16. The molecule has 44 heavy (non-hydrogen) atoms. The van der Waals surface area contributed by atoms with Gasteiger partial charge in [0.15, 0.2) is 0 Å². The van der Waals surface area contributed by atoms with Gasteiger partial charge in [-0.2, -0.15) is 13.2 Å². The van der Waals surface area contributed by atoms with Gasteiger partial charge in [-0.25, -0.2) is 0 Å². The quantitative estimate of drug-likeness (QED) is 0.177. The van der Waals surface area contributed by atoms with Gasteiger partial charge >= 0.3 is 6.18 Å². The minimum Gasteiger partial charge on any atom is -0.349 e. The van der Waals surface area contributed by atoms with E-state index in [0.29, 0.717) is 17.3 Å². The predicted molar refractivity (Wildman–Crippen MR) is 177 cm³/mol. The molecule has 0 heterocycles. The Balaban J connectivity index is 1.37. The van der Waals surface area contributed by atoms with E-state index in [4.69, 9.17) is 0 Å². The maximum Gasteiger partial charge on any atom is 0.416 e. The average molecular weight is 592 g/mol. The van der Waals surface area contributed by atoms with Crippen molar-refractivity contribution >= 4 is 11.4 Å². The maximum atomic E-state index is 14.2. The Kier molecular flexibility index (Phi) is 9.68. The second-order valence-corrected chi connectivity index (χ2v) is 12.1. The largest absolute Gasteiger partial charge is 0.416 e. The fraction of sp³-hybridized carbons (Fsp3) is 0.325. The number of hydrogen-bond acceptors (Lipinski definition) is 1. The summed E-state index contributed by atoms with van der Waals surface area (Å²) in [5.74, 6) is 7.27. The van der Waals surface area contributed by atoms with Gasteiger partial charge in [0.1, 0.15) is 0 Å². The van der Waals surface area contributed by atoms with Crippen molar-refractivity contribution in [3.8, 4) is 11.8 Å². The van der Waals surface area contributed by atoms with Crippen molar-refractivity contribution in [2.45, 2.75) is 84.2 Å². The summed E-state index contributed by atoms with van der Waals surface area (Å²) in [5.41, 5.74) is 12.4. The molecule has 0 bridgehead atoms. The van der Waals surface area contributed by atoms with Gasteiger partial charge < -0.3 is 5.32 Å². The number of aryl methyl sites for hydroxylation is 3. The third kappa shape index (κ3) is 7.47. The highest BCUT2D eigenvalue weighted by Crippen LogP contribution is 2.37. The lowest BCUT2D eigenvalue weighted by atomic mass is 9.95. The van der Waals surface area contributed by atoms with E-state index in [1.807, 2.05) is 31.2 Å². The van der Waals surface area contributed by atoms with Gasteiger partial charge in [0, 0.05) is 22.4 Å². The van der Waals surface area contributed by atoms with Crippen molar-refractivity contribution < 1.29 is 13.2 Å². The summed E-state index contributed by atoms with van der Waals surface area (Å²) in [4.78, 5) is 0. The Labute approximate surface area is 260 Å². The molecule has 4 heteroatoms. The molecule has 0 aliphatic heterocycles. The van der Waals surface area contributed by atoms with Crippen molar-refractivity contribution in [2.75, 3.05) is 5.32 Å². The van der Waals surface area contributed by atoms with Crippen LogP contribution >= 0.6 is 0 Å². The summed E-state index contributed by atoms with van der Waals surface area (Å²) in [7, 11) is 0. The zero-order valence-electron chi connectivity index (χ0n) is 25.9. The molecule has 0 saturated heterocycles. The maximum absolute atomic E-state index is 14.2. The molecule has 1 nitrogen and oxygen atoms in total. The monoisotopic (exact) mass is 591 g/mol. The van der Waals surface area contributed by atoms with Crippen molar-refractivity contribution in [3.05, 3.63) is 135 Å². The molecule has 0 aromatic heterocycles. The molecule has 0 spiro atoms. The van der Waals surface area contributed by atoms with E-state index in [1.165, 1.54) is 34.8 Å². The molecule has 1 N–H and O–H groups in total. The number of nitrogens with one attached hydrogen (secondary N) is 1. The molecule has 1 unspecified atom stereocenters. The van der Waals surface area contributed by atoms with Crippen LogP contribution in [0.3, 0.4) is 0 Å². The van der Waals surface area contributed by atoms with Crippen LogP contribution in [0, 0.1) is 25.7 Å². The second kappa shape index (κ2) is 13.6. The number of alkyl halides is 3. The molecule has 3 aromatic carbocycles. The minimum absolute atomic E-state index is 0.265. The van der Waals surface area contributed by atoms with Crippen LogP contribution in [0.1, 0.15) is 101 Å². The zero-order chi connectivity index (χ0) is 31.3. The van der Waals surface area contributed by atoms with Crippen molar-refractivity contribution in [2.24, 2.45) is 0 Å². The molecular weight excluding hydrogens is 551 g/mol. The molecule has 0 fully saturated rings. The number of halogens is 3. The fourth-order valence-corrected chi connectivity index (χ4v) is 6.42. The smallest absolute Gasteiger partial charge is 0.349 e. The minimum atomic E-state index is -4.46. The molecule has 2 aliphatic rings. The van der Waals surface area contributed by atoms with Crippen LogP contribution in [0.4, 0.5) is 18.9 Å². The summed E-state index contributed by atoms with van der Waals surface area (Å²) < 4.78 is 42.6. The summed E-state index contributed by atoms with van der Waals surface area (Å²) >= 11 is 0. The second-order valence-electron chi connectivity index (χ2n) is 12.1. The molecule has 226 valence electrons. The predicted octanol–water partition coefficient (Wildman–Crippen LogP) is 11.0. The standard InChI is InChI=1S/C40H40F3N/c1-5-38(34-17-13-27(2)33(25-34)20-16-31-23-29(4)39-28(3)14-18-35(39)24-31)44-36-22-21-32(37(26-36)40(41,42)43)19-15-30-11-9-7-6-8-10-12-30/h6-7,13,15,17,21-26,28,44H,1,8-12,14,18-19H2,2-4H3/b7-6?,30-15+. The third-order valence-corrected chi connectivity index (χ3v) is 8.82. The first-order valence-corrected chi connectivity index (χ1v) is 15.6. The van der Waals surface area contributed by atoms with Gasteiger partial charge in [-0.05, 0) is 129 Å². The summed E-state index contributed by atoms with van der Waals surface area (Å²) in [6, 6.07) is 14.7. The van der Waals surface area contributed by atoms with E-state index >= 15 is 0 Å². The summed E-state index contributed by atoms with van der Waals surface area (Å²) in [5, 5.41) is 3.14. The molecule has 1 atom stereocenters. The van der Waals surface area contributed by atoms with E-state index in [1.54, 1.807) is 12.1 Å². The van der Waals surface area contributed by atoms with E-state index in [2.05, 4.69) is 67.6 Å². The first kappa shape index (κ1) is 31.2. The summed E-state index contributed by atoms with van der Waals surface area (Å²) in [6.07, 6.45) is 9.26. The van der Waals surface area contributed by atoms with E-state index < -0.39 is 11.7 Å². The van der Waals surface area contributed by atoms with Crippen LogP contribution in [-0.4, -0.2) is 0 Å². The molecule has 2 aliphatic carbocycles. The zero-order valence-corrected chi connectivity index (χ0v) is 25.9. The van der Waals surface area contributed by atoms with Gasteiger partial charge in [0.05, 0.1) is 11.3 Å². The highest BCUT2D eigenvalue weighted by Gasteiger charge is 2.33. The number of benzene rings is 3. The van der Waals surface area contributed by atoms with Crippen LogP contribution in [0.5, 0.6) is 0 Å². The van der Waals surface area contributed by atoms with Crippen LogP contribution < -0.4 is 5.32 Å². The highest BCUT2D eigenvalue weighted by molar-refractivity contribution is 5.77. The molecule has 0 amide bonds. The SMILES string of the molecule is C=C=C(Nc1ccc(C/C=C2\CCC=CCCC2)c(C(F)(F)F)c1)c1ccc(C)c(C#Cc2cc(C)c3c(c2)CCC3C)c1. The number of allylic oxidation sites excluding steroid dienone is 4. The Morgan fingerprint density at radius 1 is 0.955 bits per heavy atom. The van der Waals surface area contributed by atoms with Crippen molar-refractivity contribution in [1.82, 2.24) is 0 Å². The molecular formula is C40H40F3N. The lowest BCUT2D eigenvalue weighted by molar-refractivity contribution is -0.138. The van der Waals surface area contributed by atoms with Gasteiger partial charge in [0.2, 0.25) is 0 Å². The molecule has 5 rings (SSSR count). The average Bonchev–Trinajstić information content (AvgIpc) is 3.35. The van der Waals surface area contributed by atoms with Crippen molar-refractivity contribution in [1.29, 1.82) is 0 Å². The van der Waals surface area contributed by atoms with Crippen LogP contribution in [0.25, 0.3) is 5.70 Å². The normalized spacial score (nSPS) is 17.2. The first-order chi connectivity index (χ1) is 21.1. The Bertz CT molecular complexity index is 1720. The van der Waals surface area contributed by atoms with E-state index in [0.717, 1.165) is 60.8 Å². The van der Waals surface area contributed by atoms with Gasteiger partial charge in [0.25, 0.3) is 0 Å². The third-order valence-electron chi connectivity index (χ3n) is 8.82. The number of fused-ring (bicyclic) bond motifs is 1. The number of rotatable bonds is 5. The fourth-order valence-electron chi connectivity index (χ4n) is 6.42. The van der Waals surface area contributed by atoms with Gasteiger partial charge in [-0.15, -0.1) is 5.73 Å². The topological polar surface area (TPSA) is 12.0 Å². The number of anilines is 1. The van der Waals surface area contributed by atoms with Crippen LogP contribution in [0.15, 0.2) is 84.6 Å². The van der Waals surface area contributed by atoms with Gasteiger partial charge in [-0.1, -0.05) is 67.3 Å². The highest BCUT2D eigenvalue weighted by atomic mass is 19.4. The summed E-state index contributed by atoms with van der Waals surface area (Å²) in [6.45, 7) is 10.3. The molecule has 3 aromatic rings.